The highest BCUT2D eigenvalue weighted by molar-refractivity contribution is 7.08. The molecule has 0 spiro atoms. The fraction of sp³-hybridized carbons (Fsp3) is 0.471. The summed E-state index contributed by atoms with van der Waals surface area (Å²) in [5.41, 5.74) is 0.792. The third kappa shape index (κ3) is 3.01. The molecule has 3 atom stereocenters. The molecular weight excluding hydrogens is 324 g/mol. The molecule has 7 heteroatoms. The number of nitrogens with zero attached hydrogens (tertiary/aromatic N) is 3. The summed E-state index contributed by atoms with van der Waals surface area (Å²) in [7, 11) is 0. The summed E-state index contributed by atoms with van der Waals surface area (Å²) in [6.07, 6.45) is 5.58. The summed E-state index contributed by atoms with van der Waals surface area (Å²) < 4.78 is 6.03. The van der Waals surface area contributed by atoms with Crippen LogP contribution in [0.5, 0.6) is 0 Å². The predicted octanol–water partition coefficient (Wildman–Crippen LogP) is 2.27. The van der Waals surface area contributed by atoms with Gasteiger partial charge >= 0.3 is 0 Å². The van der Waals surface area contributed by atoms with Gasteiger partial charge in [0.2, 0.25) is 5.95 Å². The van der Waals surface area contributed by atoms with Crippen molar-refractivity contribution >= 4 is 23.2 Å². The molecule has 1 saturated carbocycles. The molecule has 0 bridgehead atoms. The number of carbonyl (C=O) groups is 1. The first-order valence-electron chi connectivity index (χ1n) is 8.28. The number of thiophene rings is 1. The Kier molecular flexibility index (Phi) is 4.44. The minimum Gasteiger partial charge on any atom is -0.374 e. The van der Waals surface area contributed by atoms with Crippen LogP contribution < -0.4 is 5.32 Å². The summed E-state index contributed by atoms with van der Waals surface area (Å²) in [6, 6.07) is 3.88. The lowest BCUT2D eigenvalue weighted by atomic mass is 10.0. The number of anilines is 1. The van der Waals surface area contributed by atoms with Gasteiger partial charge < -0.3 is 15.0 Å². The van der Waals surface area contributed by atoms with E-state index in [0.717, 1.165) is 24.9 Å². The van der Waals surface area contributed by atoms with Gasteiger partial charge in [-0.2, -0.15) is 11.3 Å². The molecule has 6 nitrogen and oxygen atoms in total. The highest BCUT2D eigenvalue weighted by atomic mass is 32.1. The van der Waals surface area contributed by atoms with Crippen LogP contribution in [0.3, 0.4) is 0 Å². The highest BCUT2D eigenvalue weighted by Gasteiger charge is 2.44. The fourth-order valence-corrected chi connectivity index (χ4v) is 4.33. The van der Waals surface area contributed by atoms with Crippen molar-refractivity contribution in [3.8, 4) is 0 Å². The van der Waals surface area contributed by atoms with Gasteiger partial charge in [0.05, 0.1) is 24.3 Å². The summed E-state index contributed by atoms with van der Waals surface area (Å²) in [6.45, 7) is 2.05. The first-order valence-corrected chi connectivity index (χ1v) is 9.23. The van der Waals surface area contributed by atoms with Gasteiger partial charge in [0.25, 0.3) is 5.91 Å². The van der Waals surface area contributed by atoms with Crippen molar-refractivity contribution in [3.63, 3.8) is 0 Å². The van der Waals surface area contributed by atoms with E-state index in [1.165, 1.54) is 0 Å². The van der Waals surface area contributed by atoms with Gasteiger partial charge in [-0.25, -0.2) is 9.97 Å². The molecule has 1 N–H and O–H groups in total. The first kappa shape index (κ1) is 15.5. The standard InChI is InChI=1S/C17H20N4O2S/c22-16(13-4-9-24-11-13)21-7-8-23-15-12(2-3-14(15)21)10-20-17-18-5-1-6-19-17/h1,4-6,9,11-12,14-15H,2-3,7-8,10H2,(H,18,19,20)/t12?,14-,15-/m0/s1. The smallest absolute Gasteiger partial charge is 0.255 e. The van der Waals surface area contributed by atoms with Crippen LogP contribution in [0.2, 0.25) is 0 Å². The van der Waals surface area contributed by atoms with Gasteiger partial charge in [-0.1, -0.05) is 0 Å². The molecule has 4 rings (SSSR count). The lowest BCUT2D eigenvalue weighted by Crippen LogP contribution is -2.53. The average Bonchev–Trinajstić information content (AvgIpc) is 3.30. The molecule has 0 radical (unpaired) electrons. The normalized spacial score (nSPS) is 26.2. The van der Waals surface area contributed by atoms with Crippen molar-refractivity contribution in [2.45, 2.75) is 25.0 Å². The van der Waals surface area contributed by atoms with E-state index in [9.17, 15) is 4.79 Å². The van der Waals surface area contributed by atoms with E-state index in [1.807, 2.05) is 21.7 Å². The largest absolute Gasteiger partial charge is 0.374 e. The van der Waals surface area contributed by atoms with Crippen LogP contribution in [-0.4, -0.2) is 52.6 Å². The Morgan fingerprint density at radius 1 is 1.38 bits per heavy atom. The maximum absolute atomic E-state index is 12.7. The molecule has 1 unspecified atom stereocenters. The van der Waals surface area contributed by atoms with Crippen LogP contribution in [0.15, 0.2) is 35.3 Å². The molecule has 1 amide bonds. The van der Waals surface area contributed by atoms with Gasteiger partial charge in [-0.3, -0.25) is 4.79 Å². The predicted molar refractivity (Wildman–Crippen MR) is 92.1 cm³/mol. The lowest BCUT2D eigenvalue weighted by Gasteiger charge is -2.39. The monoisotopic (exact) mass is 344 g/mol. The van der Waals surface area contributed by atoms with Crippen molar-refractivity contribution in [1.82, 2.24) is 14.9 Å². The van der Waals surface area contributed by atoms with E-state index >= 15 is 0 Å². The minimum atomic E-state index is 0.0950. The molecule has 2 aromatic heterocycles. The SMILES string of the molecule is O=C(c1ccsc1)N1CCO[C@H]2C(CNc3ncccn3)CC[C@@H]21. The number of carbonyl (C=O) groups excluding carboxylic acids is 1. The zero-order valence-electron chi connectivity index (χ0n) is 13.3. The van der Waals surface area contributed by atoms with Crippen molar-refractivity contribution in [1.29, 1.82) is 0 Å². The second kappa shape index (κ2) is 6.86. The van der Waals surface area contributed by atoms with Gasteiger partial charge in [-0.05, 0) is 30.4 Å². The number of amides is 1. The Hall–Kier alpha value is -1.99. The van der Waals surface area contributed by atoms with Crippen molar-refractivity contribution < 1.29 is 9.53 Å². The van der Waals surface area contributed by atoms with Gasteiger partial charge in [0, 0.05) is 36.8 Å². The third-order valence-electron chi connectivity index (χ3n) is 4.84. The molecule has 1 aliphatic carbocycles. The Bertz CT molecular complexity index is 679. The number of aromatic nitrogens is 2. The molecule has 1 aliphatic heterocycles. The molecule has 1 saturated heterocycles. The van der Waals surface area contributed by atoms with E-state index in [2.05, 4.69) is 15.3 Å². The summed E-state index contributed by atoms with van der Waals surface area (Å²) >= 11 is 1.56. The van der Waals surface area contributed by atoms with E-state index in [0.29, 0.717) is 25.0 Å². The third-order valence-corrected chi connectivity index (χ3v) is 5.52. The maximum Gasteiger partial charge on any atom is 0.255 e. The van der Waals surface area contributed by atoms with Crippen LogP contribution in [0.1, 0.15) is 23.2 Å². The lowest BCUT2D eigenvalue weighted by molar-refractivity contribution is -0.0602. The number of nitrogens with one attached hydrogen (secondary N) is 1. The molecule has 24 heavy (non-hydrogen) atoms. The number of morpholine rings is 1. The number of hydrogen-bond donors (Lipinski definition) is 1. The molecular formula is C17H20N4O2S. The fourth-order valence-electron chi connectivity index (χ4n) is 3.70. The topological polar surface area (TPSA) is 67.3 Å². The summed E-state index contributed by atoms with van der Waals surface area (Å²) in [5, 5.41) is 7.16. The van der Waals surface area contributed by atoms with Crippen LogP contribution in [-0.2, 0) is 4.74 Å². The number of ether oxygens (including phenoxy) is 1. The zero-order chi connectivity index (χ0) is 16.4. The Labute approximate surface area is 144 Å². The van der Waals surface area contributed by atoms with E-state index in [1.54, 1.807) is 29.8 Å². The molecule has 2 fully saturated rings. The molecule has 2 aliphatic rings. The Balaban J connectivity index is 1.42. The van der Waals surface area contributed by atoms with E-state index < -0.39 is 0 Å². The molecule has 126 valence electrons. The molecule has 3 heterocycles. The number of fused-ring (bicyclic) bond motifs is 1. The maximum atomic E-state index is 12.7. The van der Waals surface area contributed by atoms with E-state index in [-0.39, 0.29) is 18.1 Å². The second-order valence-electron chi connectivity index (χ2n) is 6.20. The first-order chi connectivity index (χ1) is 11.8. The molecule has 0 aromatic carbocycles. The van der Waals surface area contributed by atoms with Gasteiger partial charge in [-0.15, -0.1) is 0 Å². The van der Waals surface area contributed by atoms with Crippen LogP contribution >= 0.6 is 11.3 Å². The average molecular weight is 344 g/mol. The van der Waals surface area contributed by atoms with Crippen molar-refractivity contribution in [3.05, 3.63) is 40.8 Å². The Morgan fingerprint density at radius 3 is 3.04 bits per heavy atom. The number of hydrogen-bond acceptors (Lipinski definition) is 6. The van der Waals surface area contributed by atoms with Crippen LogP contribution in [0.4, 0.5) is 5.95 Å². The highest BCUT2D eigenvalue weighted by Crippen LogP contribution is 2.35. The zero-order valence-corrected chi connectivity index (χ0v) is 14.1. The summed E-state index contributed by atoms with van der Waals surface area (Å²) in [4.78, 5) is 23.1. The minimum absolute atomic E-state index is 0.0950. The van der Waals surface area contributed by atoms with Gasteiger partial charge in [0.15, 0.2) is 0 Å². The quantitative estimate of drug-likeness (QED) is 0.921. The molecule has 2 aromatic rings. The van der Waals surface area contributed by atoms with Crippen LogP contribution in [0.25, 0.3) is 0 Å². The van der Waals surface area contributed by atoms with Crippen LogP contribution in [0, 0.1) is 5.92 Å². The second-order valence-corrected chi connectivity index (χ2v) is 6.98. The van der Waals surface area contributed by atoms with Crippen molar-refractivity contribution in [2.24, 2.45) is 5.92 Å². The Morgan fingerprint density at radius 2 is 2.25 bits per heavy atom. The number of rotatable bonds is 4. The van der Waals surface area contributed by atoms with Crippen molar-refractivity contribution in [2.75, 3.05) is 25.0 Å². The van der Waals surface area contributed by atoms with E-state index in [4.69, 9.17) is 4.74 Å². The summed E-state index contributed by atoms with van der Waals surface area (Å²) in [5.74, 6) is 1.15. The van der Waals surface area contributed by atoms with Gasteiger partial charge in [0.1, 0.15) is 0 Å².